The largest absolute Gasteiger partial charge is 0.339 e. The number of benzene rings is 2. The Kier molecular flexibility index (Phi) is 4.46. The van der Waals surface area contributed by atoms with Gasteiger partial charge in [-0.25, -0.2) is 4.98 Å². The minimum absolute atomic E-state index is 0.736. The van der Waals surface area contributed by atoms with Crippen LogP contribution in [0.15, 0.2) is 66.7 Å². The van der Waals surface area contributed by atoms with Gasteiger partial charge in [0, 0.05) is 21.7 Å². The van der Waals surface area contributed by atoms with E-state index in [-0.39, 0.29) is 0 Å². The van der Waals surface area contributed by atoms with Gasteiger partial charge >= 0.3 is 0 Å². The molecule has 0 spiro atoms. The van der Waals surface area contributed by atoms with Crippen molar-refractivity contribution in [3.05, 3.63) is 77.3 Å². The summed E-state index contributed by atoms with van der Waals surface area (Å²) in [6.45, 7) is 4.04. The highest BCUT2D eigenvalue weighted by atomic mass is 32.1. The summed E-state index contributed by atoms with van der Waals surface area (Å²) in [5, 5.41) is 12.5. The number of nitrogens with zero attached hydrogens (tertiary/aromatic N) is 3. The molecular weight excluding hydrogens is 340 g/mol. The monoisotopic (exact) mass is 358 g/mol. The van der Waals surface area contributed by atoms with Crippen molar-refractivity contribution in [3.63, 3.8) is 0 Å². The van der Waals surface area contributed by atoms with Crippen LogP contribution in [0.1, 0.15) is 10.6 Å². The van der Waals surface area contributed by atoms with Crippen LogP contribution in [-0.4, -0.2) is 15.2 Å². The molecule has 0 saturated carbocycles. The molecule has 128 valence electrons. The van der Waals surface area contributed by atoms with E-state index < -0.39 is 0 Å². The summed E-state index contributed by atoms with van der Waals surface area (Å²) >= 11 is 1.73. The van der Waals surface area contributed by atoms with E-state index in [4.69, 9.17) is 4.98 Å². The van der Waals surface area contributed by atoms with Crippen LogP contribution in [-0.2, 0) is 0 Å². The fourth-order valence-corrected chi connectivity index (χ4v) is 3.63. The second kappa shape index (κ2) is 7.06. The molecule has 0 saturated heterocycles. The Hall–Kier alpha value is -3.05. The Labute approximate surface area is 156 Å². The van der Waals surface area contributed by atoms with E-state index >= 15 is 0 Å². The first-order valence-electron chi connectivity index (χ1n) is 8.40. The zero-order valence-corrected chi connectivity index (χ0v) is 15.4. The normalized spacial score (nSPS) is 10.7. The standard InChI is InChI=1S/C21H18N4S/c1-14-8-13-19(25-24-14)22-18-11-9-16(10-12-18)20-15(2)26-21(23-20)17-6-4-3-5-7-17/h3-13H,1-2H3,(H,22,25). The van der Waals surface area contributed by atoms with E-state index in [2.05, 4.69) is 46.7 Å². The summed E-state index contributed by atoms with van der Waals surface area (Å²) in [6.07, 6.45) is 0. The number of aryl methyl sites for hydroxylation is 2. The van der Waals surface area contributed by atoms with E-state index in [1.54, 1.807) is 11.3 Å². The molecule has 0 aliphatic carbocycles. The van der Waals surface area contributed by atoms with Gasteiger partial charge in [-0.1, -0.05) is 42.5 Å². The van der Waals surface area contributed by atoms with Gasteiger partial charge in [-0.2, -0.15) is 5.10 Å². The van der Waals surface area contributed by atoms with Crippen LogP contribution >= 0.6 is 11.3 Å². The first-order chi connectivity index (χ1) is 12.7. The molecule has 1 N–H and O–H groups in total. The quantitative estimate of drug-likeness (QED) is 0.514. The lowest BCUT2D eigenvalue weighted by Gasteiger charge is -2.06. The minimum atomic E-state index is 0.736. The van der Waals surface area contributed by atoms with Crippen LogP contribution in [0.4, 0.5) is 11.5 Å². The number of anilines is 2. The van der Waals surface area contributed by atoms with Crippen LogP contribution in [0.5, 0.6) is 0 Å². The Morgan fingerprint density at radius 1 is 0.769 bits per heavy atom. The molecule has 2 heterocycles. The maximum Gasteiger partial charge on any atom is 0.153 e. The molecule has 4 rings (SSSR count). The van der Waals surface area contributed by atoms with Crippen molar-refractivity contribution in [2.24, 2.45) is 0 Å². The second-order valence-electron chi connectivity index (χ2n) is 6.05. The summed E-state index contributed by atoms with van der Waals surface area (Å²) in [5.74, 6) is 0.736. The molecule has 0 aliphatic rings. The lowest BCUT2D eigenvalue weighted by molar-refractivity contribution is 0.986. The van der Waals surface area contributed by atoms with Gasteiger partial charge in [-0.3, -0.25) is 0 Å². The fourth-order valence-electron chi connectivity index (χ4n) is 2.69. The van der Waals surface area contributed by atoms with Crippen molar-refractivity contribution < 1.29 is 0 Å². The fraction of sp³-hybridized carbons (Fsp3) is 0.0952. The number of hydrogen-bond acceptors (Lipinski definition) is 5. The number of nitrogens with one attached hydrogen (secondary N) is 1. The van der Waals surface area contributed by atoms with Gasteiger partial charge in [0.2, 0.25) is 0 Å². The van der Waals surface area contributed by atoms with Crippen molar-refractivity contribution in [1.82, 2.24) is 15.2 Å². The lowest BCUT2D eigenvalue weighted by atomic mass is 10.1. The van der Waals surface area contributed by atoms with Crippen molar-refractivity contribution in [1.29, 1.82) is 0 Å². The van der Waals surface area contributed by atoms with Crippen LogP contribution in [0.3, 0.4) is 0 Å². The SMILES string of the molecule is Cc1ccc(Nc2ccc(-c3nc(-c4ccccc4)sc3C)cc2)nn1. The van der Waals surface area contributed by atoms with Gasteiger partial charge in [0.25, 0.3) is 0 Å². The average Bonchev–Trinajstić information content (AvgIpc) is 3.07. The Balaban J connectivity index is 1.57. The number of hydrogen-bond donors (Lipinski definition) is 1. The van der Waals surface area contributed by atoms with E-state index in [0.29, 0.717) is 0 Å². The van der Waals surface area contributed by atoms with Crippen molar-refractivity contribution >= 4 is 22.8 Å². The highest BCUT2D eigenvalue weighted by molar-refractivity contribution is 7.15. The van der Waals surface area contributed by atoms with Gasteiger partial charge in [0.15, 0.2) is 5.82 Å². The summed E-state index contributed by atoms with van der Waals surface area (Å²) in [4.78, 5) is 6.07. The molecule has 4 aromatic rings. The molecule has 4 nitrogen and oxygen atoms in total. The van der Waals surface area contributed by atoms with Crippen LogP contribution in [0, 0.1) is 13.8 Å². The molecule has 2 aromatic carbocycles. The third kappa shape index (κ3) is 3.48. The van der Waals surface area contributed by atoms with E-state index in [9.17, 15) is 0 Å². The Morgan fingerprint density at radius 2 is 1.54 bits per heavy atom. The van der Waals surface area contributed by atoms with Crippen LogP contribution in [0.25, 0.3) is 21.8 Å². The molecule has 5 heteroatoms. The van der Waals surface area contributed by atoms with Crippen LogP contribution in [0.2, 0.25) is 0 Å². The Bertz CT molecular complexity index is 1010. The number of rotatable bonds is 4. The first kappa shape index (κ1) is 16.4. The third-order valence-electron chi connectivity index (χ3n) is 4.05. The average molecular weight is 358 g/mol. The molecule has 0 radical (unpaired) electrons. The Morgan fingerprint density at radius 3 is 2.23 bits per heavy atom. The predicted molar refractivity (Wildman–Crippen MR) is 108 cm³/mol. The van der Waals surface area contributed by atoms with Gasteiger partial charge in [0.1, 0.15) is 5.01 Å². The van der Waals surface area contributed by atoms with Gasteiger partial charge in [-0.15, -0.1) is 16.4 Å². The van der Waals surface area contributed by atoms with Crippen molar-refractivity contribution in [2.75, 3.05) is 5.32 Å². The molecule has 0 atom stereocenters. The van der Waals surface area contributed by atoms with Crippen molar-refractivity contribution in [2.45, 2.75) is 13.8 Å². The summed E-state index contributed by atoms with van der Waals surface area (Å²) in [5.41, 5.74) is 5.18. The van der Waals surface area contributed by atoms with Crippen molar-refractivity contribution in [3.8, 4) is 21.8 Å². The van der Waals surface area contributed by atoms with Gasteiger partial charge < -0.3 is 5.32 Å². The highest BCUT2D eigenvalue weighted by Crippen LogP contribution is 2.33. The predicted octanol–water partition coefficient (Wildman–Crippen LogP) is 5.63. The number of aromatic nitrogens is 3. The molecule has 0 fully saturated rings. The third-order valence-corrected chi connectivity index (χ3v) is 5.07. The zero-order valence-electron chi connectivity index (χ0n) is 14.6. The maximum atomic E-state index is 4.85. The maximum absolute atomic E-state index is 4.85. The summed E-state index contributed by atoms with van der Waals surface area (Å²) in [7, 11) is 0. The molecule has 0 unspecified atom stereocenters. The topological polar surface area (TPSA) is 50.7 Å². The van der Waals surface area contributed by atoms with E-state index in [1.807, 2.05) is 49.4 Å². The van der Waals surface area contributed by atoms with Gasteiger partial charge in [0.05, 0.1) is 11.4 Å². The lowest BCUT2D eigenvalue weighted by Crippen LogP contribution is -1.96. The molecule has 26 heavy (non-hydrogen) atoms. The smallest absolute Gasteiger partial charge is 0.153 e. The molecular formula is C21H18N4S. The minimum Gasteiger partial charge on any atom is -0.339 e. The molecule has 0 aliphatic heterocycles. The molecule has 0 bridgehead atoms. The second-order valence-corrected chi connectivity index (χ2v) is 7.26. The summed E-state index contributed by atoms with van der Waals surface area (Å²) < 4.78 is 0. The highest BCUT2D eigenvalue weighted by Gasteiger charge is 2.11. The van der Waals surface area contributed by atoms with Gasteiger partial charge in [-0.05, 0) is 38.1 Å². The first-order valence-corrected chi connectivity index (χ1v) is 9.21. The molecule has 2 aromatic heterocycles. The molecule has 0 amide bonds. The van der Waals surface area contributed by atoms with E-state index in [0.717, 1.165) is 39.0 Å². The number of thiazole rings is 1. The zero-order chi connectivity index (χ0) is 17.9. The summed E-state index contributed by atoms with van der Waals surface area (Å²) in [6, 6.07) is 22.4. The van der Waals surface area contributed by atoms with Crippen LogP contribution < -0.4 is 5.32 Å². The van der Waals surface area contributed by atoms with E-state index in [1.165, 1.54) is 4.88 Å².